The van der Waals surface area contributed by atoms with Crippen molar-refractivity contribution in [3.8, 4) is 0 Å². The van der Waals surface area contributed by atoms with Gasteiger partial charge >= 0.3 is 5.97 Å². The van der Waals surface area contributed by atoms with Crippen LogP contribution in [0, 0.1) is 5.92 Å². The van der Waals surface area contributed by atoms with Gasteiger partial charge in [-0.3, -0.25) is 14.4 Å². The maximum absolute atomic E-state index is 11.8. The molecule has 0 spiro atoms. The van der Waals surface area contributed by atoms with Gasteiger partial charge in [0.25, 0.3) is 0 Å². The SMILES string of the molecule is CCC[C@H](C)N1C[C@H](C(=O)NCCC(=O)O)CC1=O. The first-order valence-corrected chi connectivity index (χ1v) is 6.74. The van der Waals surface area contributed by atoms with Gasteiger partial charge in [0.15, 0.2) is 0 Å². The van der Waals surface area contributed by atoms with Crippen LogP contribution in [0.5, 0.6) is 0 Å². The van der Waals surface area contributed by atoms with Crippen LogP contribution in [-0.4, -0.2) is 46.9 Å². The van der Waals surface area contributed by atoms with Gasteiger partial charge in [0.2, 0.25) is 11.8 Å². The highest BCUT2D eigenvalue weighted by Gasteiger charge is 2.36. The topological polar surface area (TPSA) is 86.7 Å². The molecule has 0 aromatic carbocycles. The summed E-state index contributed by atoms with van der Waals surface area (Å²) in [6.07, 6.45) is 2.06. The van der Waals surface area contributed by atoms with Crippen LogP contribution in [0.2, 0.25) is 0 Å². The minimum Gasteiger partial charge on any atom is -0.481 e. The van der Waals surface area contributed by atoms with Gasteiger partial charge in [0, 0.05) is 25.6 Å². The average Bonchev–Trinajstić information content (AvgIpc) is 2.71. The average molecular weight is 270 g/mol. The molecule has 0 saturated carbocycles. The number of hydrogen-bond acceptors (Lipinski definition) is 3. The van der Waals surface area contributed by atoms with Crippen LogP contribution in [0.15, 0.2) is 0 Å². The van der Waals surface area contributed by atoms with Crippen LogP contribution in [-0.2, 0) is 14.4 Å². The van der Waals surface area contributed by atoms with Crippen molar-refractivity contribution in [2.75, 3.05) is 13.1 Å². The lowest BCUT2D eigenvalue weighted by Crippen LogP contribution is -2.37. The third-order valence-electron chi connectivity index (χ3n) is 3.41. The lowest BCUT2D eigenvalue weighted by atomic mass is 10.1. The number of nitrogens with one attached hydrogen (secondary N) is 1. The summed E-state index contributed by atoms with van der Waals surface area (Å²) in [6.45, 7) is 4.61. The molecule has 0 aromatic rings. The van der Waals surface area contributed by atoms with E-state index in [1.165, 1.54) is 0 Å². The lowest BCUT2D eigenvalue weighted by molar-refractivity contribution is -0.137. The monoisotopic (exact) mass is 270 g/mol. The summed E-state index contributed by atoms with van der Waals surface area (Å²) in [5, 5.41) is 11.1. The first-order chi connectivity index (χ1) is 8.95. The second kappa shape index (κ2) is 7.11. The predicted octanol–water partition coefficient (Wildman–Crippen LogP) is 0.614. The van der Waals surface area contributed by atoms with Crippen LogP contribution in [0.25, 0.3) is 0 Å². The Morgan fingerprint density at radius 1 is 1.53 bits per heavy atom. The third kappa shape index (κ3) is 4.54. The first-order valence-electron chi connectivity index (χ1n) is 6.74. The zero-order valence-corrected chi connectivity index (χ0v) is 11.5. The standard InChI is InChI=1S/C13H22N2O4/c1-3-4-9(2)15-8-10(7-11(15)16)13(19)14-6-5-12(17)18/h9-10H,3-8H2,1-2H3,(H,14,19)(H,17,18)/t9-,10+/m0/s1. The quantitative estimate of drug-likeness (QED) is 0.710. The van der Waals surface area contributed by atoms with Crippen LogP contribution in [0.3, 0.4) is 0 Å². The van der Waals surface area contributed by atoms with Gasteiger partial charge in [0.1, 0.15) is 0 Å². The molecule has 19 heavy (non-hydrogen) atoms. The number of aliphatic carboxylic acids is 1. The van der Waals surface area contributed by atoms with E-state index < -0.39 is 5.97 Å². The van der Waals surface area contributed by atoms with Crippen molar-refractivity contribution < 1.29 is 19.5 Å². The summed E-state index contributed by atoms with van der Waals surface area (Å²) >= 11 is 0. The maximum atomic E-state index is 11.8. The van der Waals surface area contributed by atoms with Crippen molar-refractivity contribution in [3.05, 3.63) is 0 Å². The van der Waals surface area contributed by atoms with E-state index in [0.29, 0.717) is 6.54 Å². The molecular formula is C13H22N2O4. The van der Waals surface area contributed by atoms with Crippen LogP contribution in [0.4, 0.5) is 0 Å². The maximum Gasteiger partial charge on any atom is 0.305 e. The van der Waals surface area contributed by atoms with Crippen molar-refractivity contribution in [2.24, 2.45) is 5.92 Å². The molecule has 0 bridgehead atoms. The van der Waals surface area contributed by atoms with E-state index in [-0.39, 0.29) is 43.2 Å². The van der Waals surface area contributed by atoms with Crippen molar-refractivity contribution in [3.63, 3.8) is 0 Å². The van der Waals surface area contributed by atoms with E-state index in [2.05, 4.69) is 12.2 Å². The van der Waals surface area contributed by atoms with E-state index in [1.807, 2.05) is 6.92 Å². The molecule has 1 rings (SSSR count). The zero-order chi connectivity index (χ0) is 14.4. The minimum atomic E-state index is -0.944. The molecule has 0 aliphatic carbocycles. The Kier molecular flexibility index (Phi) is 5.79. The molecule has 1 fully saturated rings. The number of hydrogen-bond donors (Lipinski definition) is 2. The summed E-state index contributed by atoms with van der Waals surface area (Å²) in [4.78, 5) is 35.8. The number of likely N-dealkylation sites (tertiary alicyclic amines) is 1. The summed E-state index contributed by atoms with van der Waals surface area (Å²) in [5.74, 6) is -1.50. The number of rotatable bonds is 7. The third-order valence-corrected chi connectivity index (χ3v) is 3.41. The minimum absolute atomic E-state index is 0.0133. The molecule has 1 aliphatic rings. The number of carboxylic acids is 1. The summed E-state index contributed by atoms with van der Waals surface area (Å²) < 4.78 is 0. The Balaban J connectivity index is 2.42. The van der Waals surface area contributed by atoms with E-state index >= 15 is 0 Å². The van der Waals surface area contributed by atoms with Crippen molar-refractivity contribution in [2.45, 2.75) is 45.6 Å². The normalized spacial score (nSPS) is 20.4. The highest BCUT2D eigenvalue weighted by atomic mass is 16.4. The zero-order valence-electron chi connectivity index (χ0n) is 11.5. The second-order valence-electron chi connectivity index (χ2n) is 5.02. The number of carboxylic acid groups (broad SMARTS) is 1. The van der Waals surface area contributed by atoms with Gasteiger partial charge in [-0.05, 0) is 13.3 Å². The highest BCUT2D eigenvalue weighted by Crippen LogP contribution is 2.22. The number of nitrogens with zero attached hydrogens (tertiary/aromatic N) is 1. The molecule has 2 atom stereocenters. The number of carbonyl (C=O) groups is 3. The molecule has 6 nitrogen and oxygen atoms in total. The van der Waals surface area contributed by atoms with Gasteiger partial charge in [-0.25, -0.2) is 0 Å². The Morgan fingerprint density at radius 2 is 2.21 bits per heavy atom. The van der Waals surface area contributed by atoms with Gasteiger partial charge in [-0.1, -0.05) is 13.3 Å². The van der Waals surface area contributed by atoms with Gasteiger partial charge in [-0.15, -0.1) is 0 Å². The number of carbonyl (C=O) groups excluding carboxylic acids is 2. The molecule has 0 aromatic heterocycles. The molecule has 2 N–H and O–H groups in total. The van der Waals surface area contributed by atoms with Gasteiger partial charge in [-0.2, -0.15) is 0 Å². The summed E-state index contributed by atoms with van der Waals surface area (Å²) in [5.41, 5.74) is 0. The van der Waals surface area contributed by atoms with Crippen molar-refractivity contribution in [1.82, 2.24) is 10.2 Å². The molecule has 2 amide bonds. The van der Waals surface area contributed by atoms with Crippen molar-refractivity contribution in [1.29, 1.82) is 0 Å². The fraction of sp³-hybridized carbons (Fsp3) is 0.769. The van der Waals surface area contributed by atoms with Gasteiger partial charge in [0.05, 0.1) is 12.3 Å². The second-order valence-corrected chi connectivity index (χ2v) is 5.02. The Hall–Kier alpha value is -1.59. The fourth-order valence-electron chi connectivity index (χ4n) is 2.34. The highest BCUT2D eigenvalue weighted by molar-refractivity contribution is 5.89. The number of amides is 2. The van der Waals surface area contributed by atoms with E-state index in [0.717, 1.165) is 12.8 Å². The smallest absolute Gasteiger partial charge is 0.305 e. The van der Waals surface area contributed by atoms with Crippen LogP contribution in [0.1, 0.15) is 39.5 Å². The molecule has 0 unspecified atom stereocenters. The van der Waals surface area contributed by atoms with E-state index in [1.54, 1.807) is 4.90 Å². The molecule has 1 heterocycles. The predicted molar refractivity (Wildman–Crippen MR) is 69.5 cm³/mol. The largest absolute Gasteiger partial charge is 0.481 e. The van der Waals surface area contributed by atoms with E-state index in [4.69, 9.17) is 5.11 Å². The molecule has 1 saturated heterocycles. The first kappa shape index (κ1) is 15.5. The molecule has 108 valence electrons. The molecule has 6 heteroatoms. The van der Waals surface area contributed by atoms with Gasteiger partial charge < -0.3 is 15.3 Å². The van der Waals surface area contributed by atoms with Crippen LogP contribution < -0.4 is 5.32 Å². The fourth-order valence-corrected chi connectivity index (χ4v) is 2.34. The molecule has 1 aliphatic heterocycles. The Labute approximate surface area is 113 Å². The Morgan fingerprint density at radius 3 is 2.79 bits per heavy atom. The summed E-state index contributed by atoms with van der Waals surface area (Å²) in [7, 11) is 0. The molecule has 0 radical (unpaired) electrons. The van der Waals surface area contributed by atoms with Crippen molar-refractivity contribution >= 4 is 17.8 Å². The molecular weight excluding hydrogens is 248 g/mol. The van der Waals surface area contributed by atoms with E-state index in [9.17, 15) is 14.4 Å². The summed E-state index contributed by atoms with van der Waals surface area (Å²) in [6, 6.07) is 0.161. The Bertz CT molecular complexity index is 357. The van der Waals surface area contributed by atoms with Crippen LogP contribution >= 0.6 is 0 Å². The lowest BCUT2D eigenvalue weighted by Gasteiger charge is -2.24.